The number of benzene rings is 1. The van der Waals surface area contributed by atoms with Gasteiger partial charge in [-0.1, -0.05) is 64.3 Å². The van der Waals surface area contributed by atoms with Gasteiger partial charge in [0.2, 0.25) is 0 Å². The second kappa shape index (κ2) is 10.3. The average molecular weight is 347 g/mol. The van der Waals surface area contributed by atoms with E-state index in [9.17, 15) is 0 Å². The summed E-state index contributed by atoms with van der Waals surface area (Å²) < 4.78 is 0. The summed E-state index contributed by atoms with van der Waals surface area (Å²) in [5.74, 6) is 0.679. The molecule has 2 N–H and O–H groups in total. The van der Waals surface area contributed by atoms with Crippen LogP contribution in [0.5, 0.6) is 0 Å². The second-order valence-electron chi connectivity index (χ2n) is 8.04. The minimum Gasteiger partial charge on any atom is -0.381 e. The molecule has 142 valence electrons. The third-order valence-corrected chi connectivity index (χ3v) is 6.18. The van der Waals surface area contributed by atoms with Crippen LogP contribution < -0.4 is 5.32 Å². The lowest BCUT2D eigenvalue weighted by molar-refractivity contribution is 0.109. The highest BCUT2D eigenvalue weighted by Crippen LogP contribution is 2.39. The first-order valence-corrected chi connectivity index (χ1v) is 10.2. The van der Waals surface area contributed by atoms with Crippen molar-refractivity contribution in [2.24, 2.45) is 5.92 Å². The van der Waals surface area contributed by atoms with E-state index in [0.717, 1.165) is 13.0 Å². The zero-order valence-electron chi connectivity index (χ0n) is 16.6. The summed E-state index contributed by atoms with van der Waals surface area (Å²) in [6.07, 6.45) is 7.65. The Bertz CT molecular complexity index is 505. The van der Waals surface area contributed by atoms with E-state index >= 15 is 0 Å². The molecule has 25 heavy (non-hydrogen) atoms. The van der Waals surface area contributed by atoms with Gasteiger partial charge in [-0.05, 0) is 54.8 Å². The van der Waals surface area contributed by atoms with Crippen LogP contribution in [0.1, 0.15) is 64.0 Å². The van der Waals surface area contributed by atoms with E-state index in [1.165, 1.54) is 62.9 Å². The molecular weight excluding hydrogens is 308 g/mol. The van der Waals surface area contributed by atoms with Gasteiger partial charge in [0.05, 0.1) is 6.73 Å². The first-order chi connectivity index (χ1) is 12.1. The molecule has 0 aromatic heterocycles. The summed E-state index contributed by atoms with van der Waals surface area (Å²) in [6, 6.07) is 9.13. The normalized spacial score (nSPS) is 24.6. The maximum absolute atomic E-state index is 8.88. The molecule has 0 spiro atoms. The van der Waals surface area contributed by atoms with E-state index in [1.807, 2.05) is 0 Å². The third-order valence-electron chi connectivity index (χ3n) is 6.18. The van der Waals surface area contributed by atoms with Crippen molar-refractivity contribution >= 4 is 0 Å². The van der Waals surface area contributed by atoms with Crippen LogP contribution in [0.3, 0.4) is 0 Å². The van der Waals surface area contributed by atoms with Gasteiger partial charge in [0.1, 0.15) is 0 Å². The molecule has 1 saturated heterocycles. The van der Waals surface area contributed by atoms with Gasteiger partial charge in [-0.15, -0.1) is 0 Å². The predicted octanol–water partition coefficient (Wildman–Crippen LogP) is 3.95. The van der Waals surface area contributed by atoms with Crippen LogP contribution in [0.4, 0.5) is 0 Å². The van der Waals surface area contributed by atoms with E-state index in [0.29, 0.717) is 5.92 Å². The predicted molar refractivity (Wildman–Crippen MR) is 107 cm³/mol. The van der Waals surface area contributed by atoms with Crippen molar-refractivity contribution in [3.8, 4) is 0 Å². The molecular formula is C22H38N2O. The molecule has 0 saturated carbocycles. The number of rotatable bonds is 10. The highest BCUT2D eigenvalue weighted by atomic mass is 16.3. The van der Waals surface area contributed by atoms with Crippen LogP contribution in [-0.4, -0.2) is 42.9 Å². The van der Waals surface area contributed by atoms with Gasteiger partial charge in [-0.3, -0.25) is 5.32 Å². The fourth-order valence-electron chi connectivity index (χ4n) is 4.10. The summed E-state index contributed by atoms with van der Waals surface area (Å²) in [6.45, 7) is 11.8. The van der Waals surface area contributed by atoms with E-state index in [-0.39, 0.29) is 12.1 Å². The van der Waals surface area contributed by atoms with Crippen molar-refractivity contribution in [1.29, 1.82) is 0 Å². The lowest BCUT2D eigenvalue weighted by Gasteiger charge is -2.45. The van der Waals surface area contributed by atoms with E-state index in [1.54, 1.807) is 0 Å². The van der Waals surface area contributed by atoms with Crippen LogP contribution in [0.15, 0.2) is 24.3 Å². The van der Waals surface area contributed by atoms with E-state index in [2.05, 4.69) is 55.3 Å². The average Bonchev–Trinajstić information content (AvgIpc) is 2.62. The maximum Gasteiger partial charge on any atom is 0.0931 e. The van der Waals surface area contributed by atoms with Gasteiger partial charge in [-0.2, -0.15) is 0 Å². The van der Waals surface area contributed by atoms with Crippen LogP contribution in [0, 0.1) is 5.92 Å². The van der Waals surface area contributed by atoms with Crippen molar-refractivity contribution in [2.75, 3.05) is 32.9 Å². The van der Waals surface area contributed by atoms with Crippen molar-refractivity contribution in [3.63, 3.8) is 0 Å². The van der Waals surface area contributed by atoms with E-state index in [4.69, 9.17) is 5.11 Å². The first kappa shape index (κ1) is 20.4. The topological polar surface area (TPSA) is 35.5 Å². The van der Waals surface area contributed by atoms with Crippen molar-refractivity contribution in [3.05, 3.63) is 35.4 Å². The Labute approximate surface area is 154 Å². The Kier molecular flexibility index (Phi) is 8.41. The number of nitrogens with zero attached hydrogens (tertiary/aromatic N) is 1. The fourth-order valence-corrected chi connectivity index (χ4v) is 4.10. The highest BCUT2D eigenvalue weighted by molar-refractivity contribution is 5.31. The number of aliphatic hydroxyl groups is 1. The molecule has 3 nitrogen and oxygen atoms in total. The molecule has 1 aromatic rings. The van der Waals surface area contributed by atoms with Crippen LogP contribution >= 0.6 is 0 Å². The van der Waals surface area contributed by atoms with Gasteiger partial charge < -0.3 is 10.0 Å². The van der Waals surface area contributed by atoms with Crippen molar-refractivity contribution < 1.29 is 5.11 Å². The van der Waals surface area contributed by atoms with Gasteiger partial charge in [0.25, 0.3) is 0 Å². The lowest BCUT2D eigenvalue weighted by atomic mass is 9.67. The molecule has 2 unspecified atom stereocenters. The molecule has 2 atom stereocenters. The fraction of sp³-hybridized carbons (Fsp3) is 0.727. The summed E-state index contributed by atoms with van der Waals surface area (Å²) >= 11 is 0. The molecule has 0 amide bonds. The first-order valence-electron chi connectivity index (χ1n) is 10.2. The molecule has 0 aliphatic carbocycles. The third kappa shape index (κ3) is 5.80. The summed E-state index contributed by atoms with van der Waals surface area (Å²) in [5, 5.41) is 11.9. The Hall–Kier alpha value is -0.900. The Morgan fingerprint density at radius 3 is 2.84 bits per heavy atom. The zero-order chi connectivity index (χ0) is 18.1. The molecule has 1 aliphatic heterocycles. The number of hydrogen-bond donors (Lipinski definition) is 2. The number of piperidine rings is 1. The molecule has 1 aromatic carbocycles. The molecule has 1 heterocycles. The van der Waals surface area contributed by atoms with Gasteiger partial charge in [0, 0.05) is 13.1 Å². The SMILES string of the molecule is CCCCCCN1CCC(C)(c2cccc(CCNCO)c2)C(C)C1. The molecule has 3 heteroatoms. The number of nitrogens with one attached hydrogen (secondary N) is 1. The zero-order valence-corrected chi connectivity index (χ0v) is 16.6. The van der Waals surface area contributed by atoms with Crippen LogP contribution in [-0.2, 0) is 11.8 Å². The molecule has 1 fully saturated rings. The van der Waals surface area contributed by atoms with Crippen molar-refractivity contribution in [2.45, 2.75) is 64.7 Å². The van der Waals surface area contributed by atoms with Crippen molar-refractivity contribution in [1.82, 2.24) is 10.2 Å². The number of unbranched alkanes of at least 4 members (excludes halogenated alkanes) is 3. The van der Waals surface area contributed by atoms with Crippen LogP contribution in [0.25, 0.3) is 0 Å². The smallest absolute Gasteiger partial charge is 0.0931 e. The second-order valence-corrected chi connectivity index (χ2v) is 8.04. The van der Waals surface area contributed by atoms with Gasteiger partial charge in [-0.25, -0.2) is 0 Å². The highest BCUT2D eigenvalue weighted by Gasteiger charge is 2.37. The number of likely N-dealkylation sites (tertiary alicyclic amines) is 1. The minimum absolute atomic E-state index is 0.0581. The monoisotopic (exact) mass is 346 g/mol. The van der Waals surface area contributed by atoms with Gasteiger partial charge >= 0.3 is 0 Å². The Morgan fingerprint density at radius 2 is 2.12 bits per heavy atom. The van der Waals surface area contributed by atoms with Gasteiger partial charge in [0.15, 0.2) is 0 Å². The Morgan fingerprint density at radius 1 is 1.28 bits per heavy atom. The Balaban J connectivity index is 1.94. The molecule has 0 radical (unpaired) electrons. The molecule has 1 aliphatic rings. The quantitative estimate of drug-likeness (QED) is 0.497. The summed E-state index contributed by atoms with van der Waals surface area (Å²) in [4.78, 5) is 2.68. The number of aliphatic hydroxyl groups excluding tert-OH is 1. The van der Waals surface area contributed by atoms with E-state index < -0.39 is 0 Å². The molecule has 2 rings (SSSR count). The minimum atomic E-state index is 0.0581. The number of hydrogen-bond acceptors (Lipinski definition) is 3. The standard InChI is InChI=1S/C22H38N2O/c1-4-5-6-7-14-24-15-12-22(3,19(2)17-24)21-10-8-9-20(16-21)11-13-23-18-25/h8-10,16,19,23,25H,4-7,11-15,17-18H2,1-3H3. The van der Waals surface area contributed by atoms with Crippen LogP contribution in [0.2, 0.25) is 0 Å². The molecule has 0 bridgehead atoms. The lowest BCUT2D eigenvalue weighted by Crippen LogP contribution is -2.47. The largest absolute Gasteiger partial charge is 0.381 e. The summed E-state index contributed by atoms with van der Waals surface area (Å²) in [5.41, 5.74) is 3.14. The summed E-state index contributed by atoms with van der Waals surface area (Å²) in [7, 11) is 0. The maximum atomic E-state index is 8.88.